The van der Waals surface area contributed by atoms with Crippen molar-refractivity contribution < 1.29 is 9.90 Å². The summed E-state index contributed by atoms with van der Waals surface area (Å²) in [6.45, 7) is 5.27. The van der Waals surface area contributed by atoms with E-state index in [0.29, 0.717) is 11.7 Å². The number of carbonyl (C=O) groups is 1. The fourth-order valence-electron chi connectivity index (χ4n) is 2.56. The van der Waals surface area contributed by atoms with Gasteiger partial charge in [0.25, 0.3) is 0 Å². The number of halogens is 1. The molecule has 110 valence electrons. The average Bonchev–Trinajstić information content (AvgIpc) is 2.42. The van der Waals surface area contributed by atoms with Crippen molar-refractivity contribution >= 4 is 21.8 Å². The molecular weight excluding hydrogens is 320 g/mol. The Balaban J connectivity index is 1.82. The number of piperidine rings is 1. The van der Waals surface area contributed by atoms with Gasteiger partial charge in [-0.1, -0.05) is 15.9 Å². The number of likely N-dealkylation sites (tertiary alicyclic amines) is 1. The molecule has 1 aromatic rings. The Kier molecular flexibility index (Phi) is 5.43. The van der Waals surface area contributed by atoms with E-state index in [4.69, 9.17) is 0 Å². The molecule has 1 aromatic carbocycles. The number of phenols is 1. The van der Waals surface area contributed by atoms with Crippen LogP contribution in [0.2, 0.25) is 0 Å². The van der Waals surface area contributed by atoms with Gasteiger partial charge in [0.2, 0.25) is 5.91 Å². The van der Waals surface area contributed by atoms with Gasteiger partial charge in [0.05, 0.1) is 0 Å². The maximum atomic E-state index is 10.9. The zero-order valence-corrected chi connectivity index (χ0v) is 13.3. The number of hydrogen-bond acceptors (Lipinski definition) is 3. The molecule has 1 saturated heterocycles. The first-order valence-electron chi connectivity index (χ1n) is 6.99. The number of nitrogens with one attached hydrogen (secondary N) is 1. The second-order valence-electron chi connectivity index (χ2n) is 5.43. The summed E-state index contributed by atoms with van der Waals surface area (Å²) in [6, 6.07) is 5.38. The Bertz CT molecular complexity index is 471. The number of hydrogen-bond donors (Lipinski definition) is 2. The first-order chi connectivity index (χ1) is 9.54. The summed E-state index contributed by atoms with van der Waals surface area (Å²) in [5.41, 5.74) is 1.12. The van der Waals surface area contributed by atoms with Gasteiger partial charge in [-0.15, -0.1) is 0 Å². The van der Waals surface area contributed by atoms with Crippen LogP contribution in [0.15, 0.2) is 22.7 Å². The molecule has 1 heterocycles. The predicted molar refractivity (Wildman–Crippen MR) is 82.5 cm³/mol. The highest BCUT2D eigenvalue weighted by atomic mass is 79.9. The Morgan fingerprint density at radius 2 is 2.15 bits per heavy atom. The van der Waals surface area contributed by atoms with Gasteiger partial charge in [-0.05, 0) is 55.6 Å². The molecule has 0 bridgehead atoms. The Labute approximate surface area is 128 Å². The molecule has 0 atom stereocenters. The normalized spacial score (nSPS) is 17.1. The second-order valence-corrected chi connectivity index (χ2v) is 6.29. The molecule has 1 aliphatic rings. The van der Waals surface area contributed by atoms with Crippen LogP contribution in [0.4, 0.5) is 0 Å². The number of nitrogens with zero attached hydrogens (tertiary/aromatic N) is 1. The summed E-state index contributed by atoms with van der Waals surface area (Å²) in [4.78, 5) is 13.3. The van der Waals surface area contributed by atoms with Gasteiger partial charge in [-0.25, -0.2) is 0 Å². The fourth-order valence-corrected chi connectivity index (χ4v) is 2.93. The number of phenolic OH excluding ortho intramolecular Hbond substituents is 1. The summed E-state index contributed by atoms with van der Waals surface area (Å²) >= 11 is 3.52. The van der Waals surface area contributed by atoms with Crippen LogP contribution in [0.1, 0.15) is 25.3 Å². The summed E-state index contributed by atoms with van der Waals surface area (Å²) < 4.78 is 1.04. The molecule has 5 heteroatoms. The van der Waals surface area contributed by atoms with E-state index in [1.54, 1.807) is 13.0 Å². The SMILES string of the molecule is CC(=O)NCC1CCN(Cc2cc(O)ccc2Br)CC1. The van der Waals surface area contributed by atoms with Gasteiger partial charge in [-0.2, -0.15) is 0 Å². The number of benzene rings is 1. The van der Waals surface area contributed by atoms with Crippen LogP contribution >= 0.6 is 15.9 Å². The van der Waals surface area contributed by atoms with Crippen LogP contribution in [0.25, 0.3) is 0 Å². The van der Waals surface area contributed by atoms with E-state index >= 15 is 0 Å². The molecule has 0 aromatic heterocycles. The molecule has 20 heavy (non-hydrogen) atoms. The lowest BCUT2D eigenvalue weighted by Gasteiger charge is -2.32. The largest absolute Gasteiger partial charge is 0.508 e. The van der Waals surface area contributed by atoms with Crippen LogP contribution in [-0.4, -0.2) is 35.5 Å². The number of amides is 1. The van der Waals surface area contributed by atoms with Gasteiger partial charge < -0.3 is 10.4 Å². The minimum absolute atomic E-state index is 0.0520. The van der Waals surface area contributed by atoms with Crippen molar-refractivity contribution in [1.29, 1.82) is 0 Å². The van der Waals surface area contributed by atoms with E-state index in [0.717, 1.165) is 49.1 Å². The minimum Gasteiger partial charge on any atom is -0.508 e. The summed E-state index contributed by atoms with van der Waals surface area (Å²) in [5.74, 6) is 0.947. The molecule has 2 rings (SSSR count). The first-order valence-corrected chi connectivity index (χ1v) is 7.78. The van der Waals surface area contributed by atoms with E-state index in [2.05, 4.69) is 26.1 Å². The monoisotopic (exact) mass is 340 g/mol. The van der Waals surface area contributed by atoms with Crippen molar-refractivity contribution in [2.45, 2.75) is 26.3 Å². The molecule has 1 amide bonds. The standard InChI is InChI=1S/C15H21BrN2O2/c1-11(19)17-9-12-4-6-18(7-5-12)10-13-8-14(20)2-3-15(13)16/h2-3,8,12,20H,4-7,9-10H2,1H3,(H,17,19). The molecule has 1 aliphatic heterocycles. The van der Waals surface area contributed by atoms with E-state index in [1.165, 1.54) is 0 Å². The maximum Gasteiger partial charge on any atom is 0.216 e. The highest BCUT2D eigenvalue weighted by Crippen LogP contribution is 2.25. The van der Waals surface area contributed by atoms with Crippen LogP contribution in [0, 0.1) is 5.92 Å². The molecule has 0 spiro atoms. The molecule has 1 fully saturated rings. The molecule has 4 nitrogen and oxygen atoms in total. The first kappa shape index (κ1) is 15.3. The van der Waals surface area contributed by atoms with E-state index < -0.39 is 0 Å². The minimum atomic E-state index is 0.0520. The summed E-state index contributed by atoms with van der Waals surface area (Å²) in [7, 11) is 0. The molecule has 2 N–H and O–H groups in total. The van der Waals surface area contributed by atoms with Crippen molar-refractivity contribution in [3.05, 3.63) is 28.2 Å². The Hall–Kier alpha value is -1.07. The predicted octanol–water partition coefficient (Wildman–Crippen LogP) is 2.50. The van der Waals surface area contributed by atoms with Crippen molar-refractivity contribution in [2.75, 3.05) is 19.6 Å². The zero-order valence-electron chi connectivity index (χ0n) is 11.7. The lowest BCUT2D eigenvalue weighted by atomic mass is 9.96. The smallest absolute Gasteiger partial charge is 0.216 e. The van der Waals surface area contributed by atoms with Crippen LogP contribution < -0.4 is 5.32 Å². The summed E-state index contributed by atoms with van der Waals surface area (Å²) in [6.07, 6.45) is 2.22. The van der Waals surface area contributed by atoms with Crippen LogP contribution in [0.3, 0.4) is 0 Å². The zero-order chi connectivity index (χ0) is 14.5. The lowest BCUT2D eigenvalue weighted by molar-refractivity contribution is -0.119. The van der Waals surface area contributed by atoms with Crippen molar-refractivity contribution in [3.8, 4) is 5.75 Å². The van der Waals surface area contributed by atoms with Gasteiger partial charge in [-0.3, -0.25) is 9.69 Å². The number of aromatic hydroxyl groups is 1. The summed E-state index contributed by atoms with van der Waals surface area (Å²) in [5, 5.41) is 12.4. The van der Waals surface area contributed by atoms with Gasteiger partial charge in [0.15, 0.2) is 0 Å². The molecule has 0 saturated carbocycles. The van der Waals surface area contributed by atoms with Crippen molar-refractivity contribution in [1.82, 2.24) is 10.2 Å². The third kappa shape index (κ3) is 4.49. The third-order valence-electron chi connectivity index (χ3n) is 3.77. The van der Waals surface area contributed by atoms with Gasteiger partial charge in [0.1, 0.15) is 5.75 Å². The highest BCUT2D eigenvalue weighted by Gasteiger charge is 2.20. The maximum absolute atomic E-state index is 10.9. The number of rotatable bonds is 4. The van der Waals surface area contributed by atoms with E-state index in [9.17, 15) is 9.90 Å². The lowest BCUT2D eigenvalue weighted by Crippen LogP contribution is -2.37. The topological polar surface area (TPSA) is 52.6 Å². The molecule has 0 aliphatic carbocycles. The van der Waals surface area contributed by atoms with E-state index in [-0.39, 0.29) is 5.91 Å². The van der Waals surface area contributed by atoms with Gasteiger partial charge >= 0.3 is 0 Å². The highest BCUT2D eigenvalue weighted by molar-refractivity contribution is 9.10. The third-order valence-corrected chi connectivity index (χ3v) is 4.54. The molecule has 0 radical (unpaired) electrons. The molecule has 0 unspecified atom stereocenters. The van der Waals surface area contributed by atoms with Crippen LogP contribution in [0.5, 0.6) is 5.75 Å². The second kappa shape index (κ2) is 7.09. The Morgan fingerprint density at radius 3 is 2.80 bits per heavy atom. The van der Waals surface area contributed by atoms with Crippen molar-refractivity contribution in [3.63, 3.8) is 0 Å². The fraction of sp³-hybridized carbons (Fsp3) is 0.533. The quantitative estimate of drug-likeness (QED) is 0.885. The Morgan fingerprint density at radius 1 is 1.45 bits per heavy atom. The average molecular weight is 341 g/mol. The van der Waals surface area contributed by atoms with Crippen molar-refractivity contribution in [2.24, 2.45) is 5.92 Å². The molecular formula is C15H21BrN2O2. The van der Waals surface area contributed by atoms with Gasteiger partial charge in [0, 0.05) is 24.5 Å². The number of carbonyl (C=O) groups excluding carboxylic acids is 1. The van der Waals surface area contributed by atoms with Crippen LogP contribution in [-0.2, 0) is 11.3 Å². The van der Waals surface area contributed by atoms with E-state index in [1.807, 2.05) is 12.1 Å².